The Labute approximate surface area is 181 Å². The zero-order valence-corrected chi connectivity index (χ0v) is 18.1. The van der Waals surface area contributed by atoms with Crippen LogP contribution >= 0.6 is 0 Å². The van der Waals surface area contributed by atoms with Gasteiger partial charge in [0.05, 0.1) is 19.1 Å². The summed E-state index contributed by atoms with van der Waals surface area (Å²) in [5.41, 5.74) is -0.0831. The van der Waals surface area contributed by atoms with E-state index in [0.29, 0.717) is 49.7 Å². The number of esters is 1. The van der Waals surface area contributed by atoms with E-state index in [1.165, 1.54) is 19.2 Å². The number of nitrogens with one attached hydrogen (secondary N) is 1. The van der Waals surface area contributed by atoms with Crippen molar-refractivity contribution in [2.24, 2.45) is 5.92 Å². The first kappa shape index (κ1) is 22.7. The van der Waals surface area contributed by atoms with Crippen LogP contribution in [0.15, 0.2) is 42.5 Å². The second-order valence-corrected chi connectivity index (χ2v) is 8.04. The molecular weight excluding hydrogens is 401 g/mol. The molecule has 1 heterocycles. The molecule has 2 aromatic carbocycles. The average Bonchev–Trinajstić information content (AvgIpc) is 2.78. The van der Waals surface area contributed by atoms with Crippen LogP contribution < -0.4 is 10.1 Å². The number of rotatable bonds is 7. The molecule has 1 amide bonds. The Morgan fingerprint density at radius 2 is 1.87 bits per heavy atom. The van der Waals surface area contributed by atoms with Gasteiger partial charge in [0.25, 0.3) is 0 Å². The molecule has 0 bridgehead atoms. The van der Waals surface area contributed by atoms with Crippen molar-refractivity contribution < 1.29 is 28.2 Å². The maximum absolute atomic E-state index is 14.6. The number of anilines is 1. The molecule has 7 heteroatoms. The predicted octanol–water partition coefficient (Wildman–Crippen LogP) is 4.33. The lowest BCUT2D eigenvalue weighted by Crippen LogP contribution is -2.45. The molecule has 0 aliphatic carbocycles. The molecule has 0 atom stereocenters. The van der Waals surface area contributed by atoms with Crippen molar-refractivity contribution in [1.82, 2.24) is 0 Å². The van der Waals surface area contributed by atoms with Crippen molar-refractivity contribution in [3.8, 4) is 5.75 Å². The summed E-state index contributed by atoms with van der Waals surface area (Å²) in [4.78, 5) is 25.7. The number of ether oxygens (including phenoxy) is 3. The van der Waals surface area contributed by atoms with Crippen LogP contribution in [0.25, 0.3) is 0 Å². The van der Waals surface area contributed by atoms with Crippen molar-refractivity contribution in [1.29, 1.82) is 0 Å². The molecule has 0 saturated carbocycles. The second-order valence-electron chi connectivity index (χ2n) is 8.04. The molecule has 2 aromatic rings. The summed E-state index contributed by atoms with van der Waals surface area (Å²) in [5, 5.41) is 2.87. The maximum atomic E-state index is 14.6. The fraction of sp³-hybridized carbons (Fsp3) is 0.417. The number of benzene rings is 2. The van der Waals surface area contributed by atoms with E-state index in [2.05, 4.69) is 5.32 Å². The van der Waals surface area contributed by atoms with Gasteiger partial charge in [-0.05, 0) is 43.0 Å². The van der Waals surface area contributed by atoms with Gasteiger partial charge in [-0.15, -0.1) is 0 Å². The minimum Gasteiger partial charge on any atom is -0.492 e. The first-order valence-electron chi connectivity index (χ1n) is 10.4. The van der Waals surface area contributed by atoms with Gasteiger partial charge in [-0.3, -0.25) is 4.79 Å². The van der Waals surface area contributed by atoms with Gasteiger partial charge in [0.15, 0.2) is 0 Å². The Balaban J connectivity index is 1.91. The van der Waals surface area contributed by atoms with E-state index in [1.54, 1.807) is 30.3 Å². The van der Waals surface area contributed by atoms with E-state index in [1.807, 2.05) is 13.8 Å². The van der Waals surface area contributed by atoms with Gasteiger partial charge in [0, 0.05) is 24.5 Å². The second kappa shape index (κ2) is 9.92. The zero-order valence-electron chi connectivity index (χ0n) is 18.1. The molecule has 166 valence electrons. The molecule has 1 N–H and O–H groups in total. The number of hydrogen-bond donors (Lipinski definition) is 1. The number of hydrogen-bond acceptors (Lipinski definition) is 5. The van der Waals surface area contributed by atoms with Gasteiger partial charge in [-0.2, -0.15) is 0 Å². The molecule has 1 fully saturated rings. The fourth-order valence-electron chi connectivity index (χ4n) is 3.70. The highest BCUT2D eigenvalue weighted by Crippen LogP contribution is 2.38. The predicted molar refractivity (Wildman–Crippen MR) is 115 cm³/mol. The number of halogens is 1. The Morgan fingerprint density at radius 3 is 2.52 bits per heavy atom. The molecule has 31 heavy (non-hydrogen) atoms. The normalized spacial score (nSPS) is 15.4. The smallest absolute Gasteiger partial charge is 0.341 e. The highest BCUT2D eigenvalue weighted by molar-refractivity contribution is 6.01. The van der Waals surface area contributed by atoms with Crippen LogP contribution in [0.4, 0.5) is 10.1 Å². The summed E-state index contributed by atoms with van der Waals surface area (Å²) in [6.07, 6.45) is 0.721. The van der Waals surface area contributed by atoms with Crippen LogP contribution in [0.5, 0.6) is 5.75 Å². The molecule has 6 nitrogen and oxygen atoms in total. The third-order valence-corrected chi connectivity index (χ3v) is 5.39. The van der Waals surface area contributed by atoms with Crippen molar-refractivity contribution in [2.45, 2.75) is 32.1 Å². The third-order valence-electron chi connectivity index (χ3n) is 5.39. The molecule has 1 aliphatic heterocycles. The van der Waals surface area contributed by atoms with Crippen LogP contribution in [-0.4, -0.2) is 38.8 Å². The van der Waals surface area contributed by atoms with Gasteiger partial charge in [-0.1, -0.05) is 32.0 Å². The Morgan fingerprint density at radius 1 is 1.16 bits per heavy atom. The van der Waals surface area contributed by atoms with Crippen molar-refractivity contribution in [2.75, 3.05) is 32.2 Å². The summed E-state index contributed by atoms with van der Waals surface area (Å²) < 4.78 is 30.7. The standard InChI is InChI=1S/C24H28FNO5/c1-16(2)15-31-21-9-8-17(14-18(21)22(27)29-3)26-23(28)24(10-12-30-13-11-24)19-6-4-5-7-20(19)25/h4-9,14,16H,10-13,15H2,1-3H3,(H,26,28). The highest BCUT2D eigenvalue weighted by Gasteiger charge is 2.43. The van der Waals surface area contributed by atoms with Crippen LogP contribution in [-0.2, 0) is 19.7 Å². The Bertz CT molecular complexity index is 937. The van der Waals surface area contributed by atoms with Crippen LogP contribution in [0.2, 0.25) is 0 Å². The van der Waals surface area contributed by atoms with Crippen molar-refractivity contribution in [3.05, 3.63) is 59.4 Å². The van der Waals surface area contributed by atoms with E-state index in [0.717, 1.165) is 0 Å². The minimum absolute atomic E-state index is 0.216. The van der Waals surface area contributed by atoms with Gasteiger partial charge in [0.2, 0.25) is 5.91 Å². The van der Waals surface area contributed by atoms with E-state index >= 15 is 0 Å². The summed E-state index contributed by atoms with van der Waals surface area (Å²) >= 11 is 0. The Kier molecular flexibility index (Phi) is 7.28. The average molecular weight is 429 g/mol. The van der Waals surface area contributed by atoms with Crippen molar-refractivity contribution in [3.63, 3.8) is 0 Å². The highest BCUT2D eigenvalue weighted by atomic mass is 19.1. The number of methoxy groups -OCH3 is 1. The first-order valence-corrected chi connectivity index (χ1v) is 10.4. The molecule has 0 spiro atoms. The molecule has 0 aromatic heterocycles. The van der Waals surface area contributed by atoms with Crippen molar-refractivity contribution >= 4 is 17.6 Å². The number of amides is 1. The van der Waals surface area contributed by atoms with E-state index < -0.39 is 17.2 Å². The van der Waals surface area contributed by atoms with E-state index in [4.69, 9.17) is 14.2 Å². The minimum atomic E-state index is -1.05. The molecule has 1 saturated heterocycles. The van der Waals surface area contributed by atoms with Gasteiger partial charge in [-0.25, -0.2) is 9.18 Å². The lowest BCUT2D eigenvalue weighted by molar-refractivity contribution is -0.125. The van der Waals surface area contributed by atoms with Gasteiger partial charge in [0.1, 0.15) is 17.1 Å². The molecule has 0 radical (unpaired) electrons. The van der Waals surface area contributed by atoms with Crippen LogP contribution in [0, 0.1) is 11.7 Å². The summed E-state index contributed by atoms with van der Waals surface area (Å²) in [6.45, 7) is 5.16. The fourth-order valence-corrected chi connectivity index (χ4v) is 3.70. The van der Waals surface area contributed by atoms with E-state index in [9.17, 15) is 14.0 Å². The molecule has 3 rings (SSSR count). The van der Waals surface area contributed by atoms with Gasteiger partial charge >= 0.3 is 5.97 Å². The lowest BCUT2D eigenvalue weighted by Gasteiger charge is -2.36. The topological polar surface area (TPSA) is 73.9 Å². The third kappa shape index (κ3) is 5.05. The summed E-state index contributed by atoms with van der Waals surface area (Å²) in [6, 6.07) is 11.1. The zero-order chi connectivity index (χ0) is 22.4. The monoisotopic (exact) mass is 429 g/mol. The van der Waals surface area contributed by atoms with Gasteiger partial charge < -0.3 is 19.5 Å². The Hall–Kier alpha value is -2.93. The first-order chi connectivity index (χ1) is 14.9. The van der Waals surface area contributed by atoms with Crippen LogP contribution in [0.1, 0.15) is 42.6 Å². The van der Waals surface area contributed by atoms with E-state index in [-0.39, 0.29) is 17.4 Å². The largest absolute Gasteiger partial charge is 0.492 e. The summed E-state index contributed by atoms with van der Waals surface area (Å²) in [7, 11) is 1.29. The van der Waals surface area contributed by atoms with Crippen LogP contribution in [0.3, 0.4) is 0 Å². The molecular formula is C24H28FNO5. The quantitative estimate of drug-likeness (QED) is 0.663. The SMILES string of the molecule is COC(=O)c1cc(NC(=O)C2(c3ccccc3F)CCOCC2)ccc1OCC(C)C. The molecule has 0 unspecified atom stereocenters. The number of carbonyl (C=O) groups is 2. The summed E-state index contributed by atoms with van der Waals surface area (Å²) in [5.74, 6) is -0.669. The number of carbonyl (C=O) groups excluding carboxylic acids is 2. The lowest BCUT2D eigenvalue weighted by atomic mass is 9.73. The maximum Gasteiger partial charge on any atom is 0.341 e. The molecule has 1 aliphatic rings.